The van der Waals surface area contributed by atoms with Crippen molar-refractivity contribution >= 4 is 20.8 Å². The van der Waals surface area contributed by atoms with Gasteiger partial charge in [-0.15, -0.1) is 0 Å². The standard InChI is InChI=1S/C16H19NO3S/c18-11-10-17(15-6-3-7-15)21(19,20)16-9-8-13-4-1-2-5-14(13)12-16/h1-2,4-5,8-9,12,15,18H,3,6-7,10-11H2. The van der Waals surface area contributed by atoms with E-state index >= 15 is 0 Å². The number of benzene rings is 2. The van der Waals surface area contributed by atoms with Gasteiger partial charge in [0.1, 0.15) is 0 Å². The van der Waals surface area contributed by atoms with E-state index in [1.54, 1.807) is 12.1 Å². The lowest BCUT2D eigenvalue weighted by molar-refractivity contribution is 0.178. The normalized spacial score (nSPS) is 16.3. The molecular weight excluding hydrogens is 286 g/mol. The smallest absolute Gasteiger partial charge is 0.243 e. The number of sulfonamides is 1. The van der Waals surface area contributed by atoms with Gasteiger partial charge in [0.15, 0.2) is 0 Å². The highest BCUT2D eigenvalue weighted by Crippen LogP contribution is 2.30. The first-order valence-corrected chi connectivity index (χ1v) is 8.68. The highest BCUT2D eigenvalue weighted by atomic mass is 32.2. The molecule has 0 bridgehead atoms. The molecule has 0 aliphatic heterocycles. The van der Waals surface area contributed by atoms with Gasteiger partial charge in [-0.1, -0.05) is 36.8 Å². The molecule has 1 aliphatic rings. The molecule has 1 N–H and O–H groups in total. The minimum atomic E-state index is -3.54. The van der Waals surface area contributed by atoms with Gasteiger partial charge in [0, 0.05) is 12.6 Å². The Hall–Kier alpha value is -1.43. The van der Waals surface area contributed by atoms with Gasteiger partial charge in [-0.2, -0.15) is 4.31 Å². The molecule has 1 aliphatic carbocycles. The lowest BCUT2D eigenvalue weighted by Gasteiger charge is -2.36. The zero-order chi connectivity index (χ0) is 14.9. The van der Waals surface area contributed by atoms with Crippen molar-refractivity contribution in [2.45, 2.75) is 30.2 Å². The lowest BCUT2D eigenvalue weighted by atomic mass is 9.93. The summed E-state index contributed by atoms with van der Waals surface area (Å²) in [5.41, 5.74) is 0. The molecule has 21 heavy (non-hydrogen) atoms. The van der Waals surface area contributed by atoms with E-state index in [1.807, 2.05) is 30.3 Å². The van der Waals surface area contributed by atoms with Gasteiger partial charge in [0.2, 0.25) is 10.0 Å². The molecular formula is C16H19NO3S. The summed E-state index contributed by atoms with van der Waals surface area (Å²) in [5.74, 6) is 0. The fraction of sp³-hybridized carbons (Fsp3) is 0.375. The van der Waals surface area contributed by atoms with Gasteiger partial charge in [-0.05, 0) is 35.7 Å². The van der Waals surface area contributed by atoms with Gasteiger partial charge < -0.3 is 5.11 Å². The fourth-order valence-electron chi connectivity index (χ4n) is 2.74. The largest absolute Gasteiger partial charge is 0.395 e. The van der Waals surface area contributed by atoms with Crippen LogP contribution in [-0.2, 0) is 10.0 Å². The van der Waals surface area contributed by atoms with Crippen LogP contribution in [0.3, 0.4) is 0 Å². The van der Waals surface area contributed by atoms with E-state index in [9.17, 15) is 13.5 Å². The number of rotatable bonds is 5. The number of nitrogens with zero attached hydrogens (tertiary/aromatic N) is 1. The van der Waals surface area contributed by atoms with Crippen LogP contribution >= 0.6 is 0 Å². The van der Waals surface area contributed by atoms with E-state index < -0.39 is 10.0 Å². The van der Waals surface area contributed by atoms with Crippen LogP contribution in [0.1, 0.15) is 19.3 Å². The summed E-state index contributed by atoms with van der Waals surface area (Å²) in [5, 5.41) is 11.1. The van der Waals surface area contributed by atoms with Crippen molar-refractivity contribution in [2.75, 3.05) is 13.2 Å². The monoisotopic (exact) mass is 305 g/mol. The Balaban J connectivity index is 2.01. The molecule has 0 atom stereocenters. The maximum atomic E-state index is 12.8. The van der Waals surface area contributed by atoms with Gasteiger partial charge >= 0.3 is 0 Å². The average Bonchev–Trinajstić information content (AvgIpc) is 2.44. The second kappa shape index (κ2) is 5.75. The topological polar surface area (TPSA) is 57.6 Å². The molecule has 1 fully saturated rings. The van der Waals surface area contributed by atoms with Crippen LogP contribution in [0.4, 0.5) is 0 Å². The molecule has 0 heterocycles. The predicted molar refractivity (Wildman–Crippen MR) is 82.6 cm³/mol. The molecule has 0 radical (unpaired) electrons. The second-order valence-corrected chi connectivity index (χ2v) is 7.32. The molecule has 3 rings (SSSR count). The quantitative estimate of drug-likeness (QED) is 0.922. The Kier molecular flexibility index (Phi) is 3.97. The molecule has 0 spiro atoms. The fourth-order valence-corrected chi connectivity index (χ4v) is 4.45. The number of hydrogen-bond acceptors (Lipinski definition) is 3. The predicted octanol–water partition coefficient (Wildman–Crippen LogP) is 2.38. The number of hydrogen-bond donors (Lipinski definition) is 1. The zero-order valence-corrected chi connectivity index (χ0v) is 12.6. The van der Waals surface area contributed by atoms with Crippen LogP contribution in [-0.4, -0.2) is 37.0 Å². The van der Waals surface area contributed by atoms with Gasteiger partial charge in [-0.25, -0.2) is 8.42 Å². The summed E-state index contributed by atoms with van der Waals surface area (Å²) in [6, 6.07) is 12.9. The average molecular weight is 305 g/mol. The van der Waals surface area contributed by atoms with Gasteiger partial charge in [0.25, 0.3) is 0 Å². The summed E-state index contributed by atoms with van der Waals surface area (Å²) < 4.78 is 27.1. The third-order valence-corrected chi connectivity index (χ3v) is 6.08. The molecule has 5 heteroatoms. The van der Waals surface area contributed by atoms with E-state index in [2.05, 4.69) is 0 Å². The third-order valence-electron chi connectivity index (χ3n) is 4.13. The van der Waals surface area contributed by atoms with E-state index in [-0.39, 0.29) is 19.2 Å². The van der Waals surface area contributed by atoms with Crippen molar-refractivity contribution in [3.8, 4) is 0 Å². The molecule has 1 saturated carbocycles. The Labute approximate surface area is 125 Å². The van der Waals surface area contributed by atoms with Crippen LogP contribution in [0, 0.1) is 0 Å². The van der Waals surface area contributed by atoms with Crippen molar-refractivity contribution < 1.29 is 13.5 Å². The minimum Gasteiger partial charge on any atom is -0.395 e. The third kappa shape index (κ3) is 2.69. The van der Waals surface area contributed by atoms with Gasteiger partial charge in [0.05, 0.1) is 11.5 Å². The maximum absolute atomic E-state index is 12.8. The summed E-state index contributed by atoms with van der Waals surface area (Å²) in [6.45, 7) is 0.0170. The van der Waals surface area contributed by atoms with Crippen molar-refractivity contribution in [3.63, 3.8) is 0 Å². The highest BCUT2D eigenvalue weighted by molar-refractivity contribution is 7.89. The van der Waals surface area contributed by atoms with Crippen molar-refractivity contribution in [1.29, 1.82) is 0 Å². The summed E-state index contributed by atoms with van der Waals surface area (Å²) in [7, 11) is -3.54. The Morgan fingerprint density at radius 3 is 2.43 bits per heavy atom. The second-order valence-electron chi connectivity index (χ2n) is 5.43. The first kappa shape index (κ1) is 14.5. The molecule has 0 unspecified atom stereocenters. The Morgan fingerprint density at radius 2 is 1.81 bits per heavy atom. The molecule has 0 saturated heterocycles. The zero-order valence-electron chi connectivity index (χ0n) is 11.8. The van der Waals surface area contributed by atoms with Crippen LogP contribution in [0.5, 0.6) is 0 Å². The first-order valence-electron chi connectivity index (χ1n) is 7.24. The highest BCUT2D eigenvalue weighted by Gasteiger charge is 2.34. The van der Waals surface area contributed by atoms with Crippen LogP contribution in [0.15, 0.2) is 47.4 Å². The molecule has 2 aromatic rings. The minimum absolute atomic E-state index is 0.0358. The number of fused-ring (bicyclic) bond motifs is 1. The molecule has 4 nitrogen and oxygen atoms in total. The molecule has 112 valence electrons. The SMILES string of the molecule is O=S(=O)(c1ccc2ccccc2c1)N(CCO)C1CCC1. The maximum Gasteiger partial charge on any atom is 0.243 e. The molecule has 0 amide bonds. The summed E-state index contributed by atoms with van der Waals surface area (Å²) >= 11 is 0. The van der Waals surface area contributed by atoms with Crippen molar-refractivity contribution in [3.05, 3.63) is 42.5 Å². The summed E-state index contributed by atoms with van der Waals surface area (Å²) in [4.78, 5) is 0.307. The Bertz CT molecular complexity index is 738. The van der Waals surface area contributed by atoms with Gasteiger partial charge in [-0.3, -0.25) is 0 Å². The van der Waals surface area contributed by atoms with Crippen molar-refractivity contribution in [1.82, 2.24) is 4.31 Å². The van der Waals surface area contributed by atoms with E-state index in [0.29, 0.717) is 4.90 Å². The molecule has 2 aromatic carbocycles. The van der Waals surface area contributed by atoms with Crippen LogP contribution in [0.25, 0.3) is 10.8 Å². The Morgan fingerprint density at radius 1 is 1.10 bits per heavy atom. The molecule has 0 aromatic heterocycles. The number of aliphatic hydroxyl groups excluding tert-OH is 1. The first-order chi connectivity index (χ1) is 10.1. The van der Waals surface area contributed by atoms with Crippen molar-refractivity contribution in [2.24, 2.45) is 0 Å². The van der Waals surface area contributed by atoms with Crippen LogP contribution < -0.4 is 0 Å². The summed E-state index contributed by atoms with van der Waals surface area (Å²) in [6.07, 6.45) is 2.82. The lowest BCUT2D eigenvalue weighted by Crippen LogP contribution is -2.45. The van der Waals surface area contributed by atoms with Crippen LogP contribution in [0.2, 0.25) is 0 Å². The van der Waals surface area contributed by atoms with E-state index in [4.69, 9.17) is 0 Å². The van der Waals surface area contributed by atoms with E-state index in [1.165, 1.54) is 4.31 Å². The van der Waals surface area contributed by atoms with E-state index in [0.717, 1.165) is 30.0 Å². The number of aliphatic hydroxyl groups is 1.